The highest BCUT2D eigenvalue weighted by Gasteiger charge is 2.68. The summed E-state index contributed by atoms with van der Waals surface area (Å²) in [5.74, 6) is 3.85. The molecule has 1 spiro atoms. The van der Waals surface area contributed by atoms with Gasteiger partial charge >= 0.3 is 0 Å². The second-order valence-electron chi connectivity index (χ2n) is 9.15. The van der Waals surface area contributed by atoms with Gasteiger partial charge in [0.05, 0.1) is 0 Å². The number of anilines is 2. The zero-order valence-electron chi connectivity index (χ0n) is 15.3. The van der Waals surface area contributed by atoms with Gasteiger partial charge in [-0.15, -0.1) is 0 Å². The van der Waals surface area contributed by atoms with Gasteiger partial charge in [-0.25, -0.2) is 0 Å². The van der Waals surface area contributed by atoms with Crippen molar-refractivity contribution >= 4 is 11.4 Å². The zero-order valence-corrected chi connectivity index (χ0v) is 15.3. The van der Waals surface area contributed by atoms with E-state index in [-0.39, 0.29) is 0 Å². The van der Waals surface area contributed by atoms with Crippen LogP contribution in [0.4, 0.5) is 11.4 Å². The van der Waals surface area contributed by atoms with Crippen molar-refractivity contribution in [3.63, 3.8) is 0 Å². The van der Waals surface area contributed by atoms with Crippen LogP contribution in [0, 0.1) is 30.6 Å². The van der Waals surface area contributed by atoms with Crippen molar-refractivity contribution in [2.45, 2.75) is 51.0 Å². The summed E-state index contributed by atoms with van der Waals surface area (Å²) in [6, 6.07) is 18.9. The lowest BCUT2D eigenvalue weighted by Crippen LogP contribution is -2.50. The predicted octanol–water partition coefficient (Wildman–Crippen LogP) is 5.84. The molecular weight excluding hydrogens is 302 g/mol. The largest absolute Gasteiger partial charge is 0.337 e. The lowest BCUT2D eigenvalue weighted by molar-refractivity contribution is 0.137. The standard InChI is InChI=1S/C24H27N/c1-15-7-3-5-9-22(15)25-16(2)24(20-8-4-6-10-23(20)25)19-12-17-11-18(14-19)21(24)13-17/h3-10,16-19,21H,11-14H2,1-2H3/t16-,17?,18?,19?,21?,24?/m0/s1. The number of hydrogen-bond donors (Lipinski definition) is 0. The van der Waals surface area contributed by atoms with E-state index >= 15 is 0 Å². The highest BCUT2D eigenvalue weighted by atomic mass is 15.2. The molecule has 0 radical (unpaired) electrons. The van der Waals surface area contributed by atoms with E-state index in [0.29, 0.717) is 11.5 Å². The lowest BCUT2D eigenvalue weighted by atomic mass is 9.59. The third-order valence-corrected chi connectivity index (χ3v) is 8.37. The Bertz CT molecular complexity index is 851. The van der Waals surface area contributed by atoms with E-state index in [9.17, 15) is 0 Å². The zero-order chi connectivity index (χ0) is 16.8. The predicted molar refractivity (Wildman–Crippen MR) is 103 cm³/mol. The normalized spacial score (nSPS) is 40.2. The highest BCUT2D eigenvalue weighted by Crippen LogP contribution is 2.72. The molecule has 128 valence electrons. The van der Waals surface area contributed by atoms with Crippen molar-refractivity contribution in [1.29, 1.82) is 0 Å². The van der Waals surface area contributed by atoms with Gasteiger partial charge in [0.2, 0.25) is 0 Å². The van der Waals surface area contributed by atoms with Crippen molar-refractivity contribution in [2.24, 2.45) is 23.7 Å². The minimum Gasteiger partial charge on any atom is -0.337 e. The van der Waals surface area contributed by atoms with Gasteiger partial charge in [0.25, 0.3) is 0 Å². The Morgan fingerprint density at radius 1 is 0.880 bits per heavy atom. The fourth-order valence-electron chi connectivity index (χ4n) is 7.77. The molecule has 1 heteroatoms. The van der Waals surface area contributed by atoms with Crippen molar-refractivity contribution in [1.82, 2.24) is 0 Å². The molecular formula is C24H27N. The fourth-order valence-corrected chi connectivity index (χ4v) is 7.77. The average Bonchev–Trinajstić information content (AvgIpc) is 3.14. The molecule has 6 atom stereocenters. The van der Waals surface area contributed by atoms with Gasteiger partial charge in [0.1, 0.15) is 0 Å². The van der Waals surface area contributed by atoms with Gasteiger partial charge in [0, 0.05) is 22.8 Å². The number of rotatable bonds is 1. The molecule has 1 heterocycles. The maximum absolute atomic E-state index is 2.69. The minimum absolute atomic E-state index is 0.399. The maximum Gasteiger partial charge on any atom is 0.0452 e. The summed E-state index contributed by atoms with van der Waals surface area (Å²) >= 11 is 0. The van der Waals surface area contributed by atoms with E-state index in [0.717, 1.165) is 23.7 Å². The first-order valence-electron chi connectivity index (χ1n) is 10.2. The first-order valence-corrected chi connectivity index (χ1v) is 10.2. The van der Waals surface area contributed by atoms with Crippen molar-refractivity contribution in [2.75, 3.05) is 4.90 Å². The Hall–Kier alpha value is -1.76. The summed E-state index contributed by atoms with van der Waals surface area (Å²) in [5.41, 5.74) is 6.37. The molecule has 2 aromatic carbocycles. The molecule has 2 aromatic rings. The van der Waals surface area contributed by atoms with Crippen LogP contribution in [0.25, 0.3) is 0 Å². The molecule has 4 bridgehead atoms. The number of nitrogens with zero attached hydrogens (tertiary/aromatic N) is 1. The van der Waals surface area contributed by atoms with E-state index in [1.807, 2.05) is 0 Å². The van der Waals surface area contributed by atoms with Gasteiger partial charge < -0.3 is 4.90 Å². The lowest BCUT2D eigenvalue weighted by Gasteiger charge is -2.47. The number of hydrogen-bond acceptors (Lipinski definition) is 1. The second-order valence-corrected chi connectivity index (χ2v) is 9.15. The van der Waals surface area contributed by atoms with Gasteiger partial charge in [0.15, 0.2) is 0 Å². The summed E-state index contributed by atoms with van der Waals surface area (Å²) in [4.78, 5) is 2.69. The van der Waals surface area contributed by atoms with Crippen LogP contribution in [0.2, 0.25) is 0 Å². The second kappa shape index (κ2) is 4.69. The fraction of sp³-hybridized carbons (Fsp3) is 0.500. The van der Waals surface area contributed by atoms with E-state index in [1.165, 1.54) is 42.6 Å². The van der Waals surface area contributed by atoms with Crippen LogP contribution in [0.15, 0.2) is 48.5 Å². The van der Waals surface area contributed by atoms with Crippen molar-refractivity contribution < 1.29 is 0 Å². The Morgan fingerprint density at radius 3 is 2.44 bits per heavy atom. The highest BCUT2D eigenvalue weighted by molar-refractivity contribution is 5.76. The molecule has 4 aliphatic carbocycles. The van der Waals surface area contributed by atoms with Crippen molar-refractivity contribution in [3.8, 4) is 0 Å². The molecule has 7 rings (SSSR count). The molecule has 0 N–H and O–H groups in total. The van der Waals surface area contributed by atoms with Crippen LogP contribution in [-0.2, 0) is 5.41 Å². The van der Waals surface area contributed by atoms with Gasteiger partial charge in [-0.05, 0) is 86.5 Å². The molecule has 0 saturated heterocycles. The summed E-state index contributed by atoms with van der Waals surface area (Å²) in [6.45, 7) is 4.79. The number of benzene rings is 2. The van der Waals surface area contributed by atoms with E-state index < -0.39 is 0 Å². The molecule has 25 heavy (non-hydrogen) atoms. The summed E-state index contributed by atoms with van der Waals surface area (Å²) < 4.78 is 0. The maximum atomic E-state index is 2.69. The van der Waals surface area contributed by atoms with E-state index in [2.05, 4.69) is 67.3 Å². The quantitative estimate of drug-likeness (QED) is 0.635. The first kappa shape index (κ1) is 14.4. The molecule has 5 aliphatic rings. The monoisotopic (exact) mass is 329 g/mol. The van der Waals surface area contributed by atoms with Gasteiger partial charge in [-0.1, -0.05) is 36.4 Å². The average molecular weight is 329 g/mol. The first-order chi connectivity index (χ1) is 12.2. The van der Waals surface area contributed by atoms with Crippen molar-refractivity contribution in [3.05, 3.63) is 59.7 Å². The third kappa shape index (κ3) is 1.57. The van der Waals surface area contributed by atoms with Gasteiger partial charge in [-0.3, -0.25) is 0 Å². The van der Waals surface area contributed by atoms with Crippen LogP contribution in [0.5, 0.6) is 0 Å². The molecule has 0 amide bonds. The summed E-state index contributed by atoms with van der Waals surface area (Å²) in [7, 11) is 0. The molecule has 4 saturated carbocycles. The topological polar surface area (TPSA) is 3.24 Å². The van der Waals surface area contributed by atoms with Crippen LogP contribution in [0.1, 0.15) is 43.7 Å². The van der Waals surface area contributed by atoms with Crippen LogP contribution in [-0.4, -0.2) is 6.04 Å². The molecule has 0 aromatic heterocycles. The molecule has 1 nitrogen and oxygen atoms in total. The van der Waals surface area contributed by atoms with Crippen LogP contribution in [0.3, 0.4) is 0 Å². The van der Waals surface area contributed by atoms with E-state index in [4.69, 9.17) is 0 Å². The van der Waals surface area contributed by atoms with Crippen LogP contribution >= 0.6 is 0 Å². The van der Waals surface area contributed by atoms with Crippen LogP contribution < -0.4 is 4.90 Å². The number of aryl methyl sites for hydroxylation is 1. The molecule has 4 fully saturated rings. The smallest absolute Gasteiger partial charge is 0.0452 e. The summed E-state index contributed by atoms with van der Waals surface area (Å²) in [5, 5.41) is 0. The number of fused-ring (bicyclic) bond motifs is 1. The third-order valence-electron chi connectivity index (χ3n) is 8.37. The summed E-state index contributed by atoms with van der Waals surface area (Å²) in [6.07, 6.45) is 5.97. The van der Waals surface area contributed by atoms with Gasteiger partial charge in [-0.2, -0.15) is 0 Å². The Morgan fingerprint density at radius 2 is 1.64 bits per heavy atom. The minimum atomic E-state index is 0.399. The Kier molecular flexibility index (Phi) is 2.71. The Labute approximate surface area is 151 Å². The molecule has 1 aliphatic heterocycles. The van der Waals surface area contributed by atoms with E-state index in [1.54, 1.807) is 5.56 Å². The molecule has 5 unspecified atom stereocenters. The SMILES string of the molecule is Cc1ccccc1N1c2ccccc2C2(C3CC4CC(C3)C2C4)[C@@H]1C. The number of para-hydroxylation sites is 2. The Balaban J connectivity index is 1.59.